The van der Waals surface area contributed by atoms with Gasteiger partial charge in [-0.25, -0.2) is 0 Å². The number of nitrogens with one attached hydrogen (secondary N) is 2. The van der Waals surface area contributed by atoms with Gasteiger partial charge < -0.3 is 20.8 Å². The molecular weight excluding hydrogens is 196 g/mol. The molecule has 0 spiro atoms. The van der Waals surface area contributed by atoms with Crippen molar-refractivity contribution in [3.8, 4) is 0 Å². The summed E-state index contributed by atoms with van der Waals surface area (Å²) < 4.78 is 0. The van der Waals surface area contributed by atoms with E-state index in [-0.39, 0.29) is 25.2 Å². The van der Waals surface area contributed by atoms with E-state index < -0.39 is 5.41 Å². The van der Waals surface area contributed by atoms with Crippen LogP contribution in [0.15, 0.2) is 0 Å². The molecule has 1 amide bonds. The number of aliphatic hydroxyl groups excluding tert-OH is 2. The number of aliphatic hydroxyl groups is 2. The highest BCUT2D eigenvalue weighted by atomic mass is 16.3. The zero-order chi connectivity index (χ0) is 11.3. The molecule has 1 atom stereocenters. The Morgan fingerprint density at radius 3 is 2.67 bits per heavy atom. The standard InChI is InChI=1S/C10H20N2O3/c1-10(6-13,7-14)5-12-8-2-3-9(15)11-4-8/h8,12-14H,2-7H2,1H3,(H,11,15). The lowest BCUT2D eigenvalue weighted by molar-refractivity contribution is -0.122. The third kappa shape index (κ3) is 3.77. The van der Waals surface area contributed by atoms with Gasteiger partial charge >= 0.3 is 0 Å². The van der Waals surface area contributed by atoms with Crippen molar-refractivity contribution in [2.24, 2.45) is 5.41 Å². The minimum absolute atomic E-state index is 0.0461. The monoisotopic (exact) mass is 216 g/mol. The van der Waals surface area contributed by atoms with Gasteiger partial charge in [0.1, 0.15) is 0 Å². The lowest BCUT2D eigenvalue weighted by Crippen LogP contribution is -2.49. The molecule has 1 rings (SSSR count). The normalized spacial score (nSPS) is 22.6. The maximum Gasteiger partial charge on any atom is 0.220 e. The second-order valence-corrected chi connectivity index (χ2v) is 4.55. The molecule has 0 bridgehead atoms. The van der Waals surface area contributed by atoms with Crippen LogP contribution in [-0.2, 0) is 4.79 Å². The first kappa shape index (κ1) is 12.4. The average molecular weight is 216 g/mol. The van der Waals surface area contributed by atoms with Crippen molar-refractivity contribution in [2.75, 3.05) is 26.3 Å². The summed E-state index contributed by atoms with van der Waals surface area (Å²) in [4.78, 5) is 10.9. The van der Waals surface area contributed by atoms with Crippen LogP contribution in [0.1, 0.15) is 19.8 Å². The highest BCUT2D eigenvalue weighted by Gasteiger charge is 2.25. The Balaban J connectivity index is 2.27. The van der Waals surface area contributed by atoms with Crippen LogP contribution >= 0.6 is 0 Å². The molecule has 88 valence electrons. The first-order chi connectivity index (χ1) is 7.09. The molecule has 1 fully saturated rings. The molecule has 1 unspecified atom stereocenters. The van der Waals surface area contributed by atoms with E-state index in [1.165, 1.54) is 0 Å². The molecule has 1 aliphatic rings. The summed E-state index contributed by atoms with van der Waals surface area (Å²) in [5, 5.41) is 24.2. The molecule has 1 heterocycles. The summed E-state index contributed by atoms with van der Waals surface area (Å²) in [5.41, 5.74) is -0.485. The number of piperidine rings is 1. The Morgan fingerprint density at radius 2 is 2.20 bits per heavy atom. The Bertz CT molecular complexity index is 207. The van der Waals surface area contributed by atoms with Gasteiger partial charge in [0.15, 0.2) is 0 Å². The third-order valence-corrected chi connectivity index (χ3v) is 2.85. The Morgan fingerprint density at radius 1 is 1.53 bits per heavy atom. The maximum atomic E-state index is 10.9. The zero-order valence-corrected chi connectivity index (χ0v) is 9.12. The molecule has 5 heteroatoms. The quantitative estimate of drug-likeness (QED) is 0.467. The van der Waals surface area contributed by atoms with Crippen molar-refractivity contribution in [1.29, 1.82) is 0 Å². The van der Waals surface area contributed by atoms with Crippen LogP contribution in [0.25, 0.3) is 0 Å². The number of rotatable bonds is 5. The molecule has 0 aliphatic carbocycles. The Hall–Kier alpha value is -0.650. The van der Waals surface area contributed by atoms with Crippen LogP contribution in [0.2, 0.25) is 0 Å². The van der Waals surface area contributed by atoms with Crippen LogP contribution in [0.3, 0.4) is 0 Å². The molecule has 5 nitrogen and oxygen atoms in total. The van der Waals surface area contributed by atoms with Crippen LogP contribution in [0, 0.1) is 5.41 Å². The predicted molar refractivity (Wildman–Crippen MR) is 56.3 cm³/mol. The fourth-order valence-corrected chi connectivity index (χ4v) is 1.46. The lowest BCUT2D eigenvalue weighted by Gasteiger charge is -2.30. The molecule has 0 aromatic rings. The topological polar surface area (TPSA) is 81.6 Å². The number of hydrogen-bond acceptors (Lipinski definition) is 4. The van der Waals surface area contributed by atoms with Gasteiger partial charge in [0.05, 0.1) is 13.2 Å². The van der Waals surface area contributed by atoms with E-state index in [9.17, 15) is 4.79 Å². The SMILES string of the molecule is CC(CO)(CO)CNC1CCC(=O)NC1. The van der Waals surface area contributed by atoms with Crippen molar-refractivity contribution in [3.05, 3.63) is 0 Å². The van der Waals surface area contributed by atoms with E-state index in [0.717, 1.165) is 6.42 Å². The number of hydrogen-bond donors (Lipinski definition) is 4. The van der Waals surface area contributed by atoms with E-state index >= 15 is 0 Å². The second-order valence-electron chi connectivity index (χ2n) is 4.55. The van der Waals surface area contributed by atoms with Crippen molar-refractivity contribution in [3.63, 3.8) is 0 Å². The zero-order valence-electron chi connectivity index (χ0n) is 9.12. The van der Waals surface area contributed by atoms with Gasteiger partial charge in [0, 0.05) is 31.0 Å². The smallest absolute Gasteiger partial charge is 0.220 e. The van der Waals surface area contributed by atoms with Crippen molar-refractivity contribution >= 4 is 5.91 Å². The van der Waals surface area contributed by atoms with Gasteiger partial charge in [-0.05, 0) is 6.42 Å². The minimum atomic E-state index is -0.485. The Kier molecular flexibility index (Phi) is 4.50. The first-order valence-electron chi connectivity index (χ1n) is 5.31. The second kappa shape index (κ2) is 5.44. The summed E-state index contributed by atoms with van der Waals surface area (Å²) in [5.74, 6) is 0.0973. The largest absolute Gasteiger partial charge is 0.396 e. The van der Waals surface area contributed by atoms with E-state index in [1.807, 2.05) is 6.92 Å². The van der Waals surface area contributed by atoms with Crippen LogP contribution in [0.4, 0.5) is 0 Å². The van der Waals surface area contributed by atoms with E-state index in [1.54, 1.807) is 0 Å². The van der Waals surface area contributed by atoms with E-state index in [4.69, 9.17) is 10.2 Å². The summed E-state index contributed by atoms with van der Waals surface area (Å²) in [6.07, 6.45) is 1.37. The third-order valence-electron chi connectivity index (χ3n) is 2.85. The molecular formula is C10H20N2O3. The maximum absolute atomic E-state index is 10.9. The summed E-state index contributed by atoms with van der Waals surface area (Å²) in [6.45, 7) is 2.92. The molecule has 1 aliphatic heterocycles. The minimum Gasteiger partial charge on any atom is -0.396 e. The number of carbonyl (C=O) groups excluding carboxylic acids is 1. The van der Waals surface area contributed by atoms with Gasteiger partial charge in [-0.1, -0.05) is 6.92 Å². The molecule has 0 aromatic carbocycles. The molecule has 4 N–H and O–H groups in total. The van der Waals surface area contributed by atoms with E-state index in [0.29, 0.717) is 19.5 Å². The van der Waals surface area contributed by atoms with Crippen LogP contribution in [0.5, 0.6) is 0 Å². The van der Waals surface area contributed by atoms with Gasteiger partial charge in [-0.2, -0.15) is 0 Å². The van der Waals surface area contributed by atoms with Gasteiger partial charge in [0.25, 0.3) is 0 Å². The van der Waals surface area contributed by atoms with Crippen molar-refractivity contribution < 1.29 is 15.0 Å². The highest BCUT2D eigenvalue weighted by Crippen LogP contribution is 2.13. The summed E-state index contributed by atoms with van der Waals surface area (Å²) in [7, 11) is 0. The molecule has 0 radical (unpaired) electrons. The van der Waals surface area contributed by atoms with E-state index in [2.05, 4.69) is 10.6 Å². The summed E-state index contributed by atoms with van der Waals surface area (Å²) in [6, 6.07) is 0.250. The first-order valence-corrected chi connectivity index (χ1v) is 5.31. The molecule has 1 saturated heterocycles. The van der Waals surface area contributed by atoms with Crippen LogP contribution < -0.4 is 10.6 Å². The predicted octanol–water partition coefficient (Wildman–Crippen LogP) is -1.15. The van der Waals surface area contributed by atoms with Gasteiger partial charge in [-0.3, -0.25) is 4.79 Å². The molecule has 0 aromatic heterocycles. The van der Waals surface area contributed by atoms with Crippen LogP contribution in [-0.4, -0.2) is 48.5 Å². The fraction of sp³-hybridized carbons (Fsp3) is 0.900. The van der Waals surface area contributed by atoms with Crippen molar-refractivity contribution in [2.45, 2.75) is 25.8 Å². The molecule has 0 saturated carbocycles. The number of amides is 1. The molecule has 15 heavy (non-hydrogen) atoms. The number of carbonyl (C=O) groups is 1. The Labute approximate surface area is 89.9 Å². The lowest BCUT2D eigenvalue weighted by atomic mass is 9.92. The average Bonchev–Trinajstić information content (AvgIpc) is 2.28. The van der Waals surface area contributed by atoms with Gasteiger partial charge in [0.2, 0.25) is 5.91 Å². The fourth-order valence-electron chi connectivity index (χ4n) is 1.46. The highest BCUT2D eigenvalue weighted by molar-refractivity contribution is 5.76. The van der Waals surface area contributed by atoms with Crippen molar-refractivity contribution in [1.82, 2.24) is 10.6 Å². The van der Waals surface area contributed by atoms with Gasteiger partial charge in [-0.15, -0.1) is 0 Å². The summed E-state index contributed by atoms with van der Waals surface area (Å²) >= 11 is 0.